The molecule has 2 nitrogen and oxygen atoms in total. The van der Waals surface area contributed by atoms with E-state index in [1.165, 1.54) is 50.5 Å². The molecule has 3 unspecified atom stereocenters. The Kier molecular flexibility index (Phi) is 4.38. The topological polar surface area (TPSA) is 35.8 Å². The van der Waals surface area contributed by atoms with E-state index in [-0.39, 0.29) is 0 Å². The van der Waals surface area contributed by atoms with Crippen molar-refractivity contribution in [2.45, 2.75) is 57.5 Å². The molecule has 0 radical (unpaired) electrons. The van der Waals surface area contributed by atoms with Crippen LogP contribution >= 0.6 is 0 Å². The van der Waals surface area contributed by atoms with E-state index in [0.29, 0.717) is 6.04 Å². The summed E-state index contributed by atoms with van der Waals surface area (Å²) in [6, 6.07) is 10.9. The Hall–Kier alpha value is -1.33. The van der Waals surface area contributed by atoms with Gasteiger partial charge in [0.05, 0.1) is 11.6 Å². The molecule has 106 valence electrons. The fourth-order valence-corrected chi connectivity index (χ4v) is 4.07. The van der Waals surface area contributed by atoms with Crippen LogP contribution in [0, 0.1) is 23.2 Å². The van der Waals surface area contributed by atoms with Crippen LogP contribution in [0.4, 0.5) is 0 Å². The Balaban J connectivity index is 1.52. The van der Waals surface area contributed by atoms with Crippen molar-refractivity contribution < 1.29 is 0 Å². The summed E-state index contributed by atoms with van der Waals surface area (Å²) in [4.78, 5) is 0. The maximum atomic E-state index is 8.94. The molecule has 2 fully saturated rings. The molecule has 1 N–H and O–H groups in total. The molecule has 0 bridgehead atoms. The third kappa shape index (κ3) is 3.22. The first kappa shape index (κ1) is 13.6. The molecular weight excluding hydrogens is 244 g/mol. The van der Waals surface area contributed by atoms with Gasteiger partial charge in [0.15, 0.2) is 0 Å². The normalized spacial score (nSPS) is 29.4. The van der Waals surface area contributed by atoms with Crippen LogP contribution in [-0.4, -0.2) is 6.04 Å². The van der Waals surface area contributed by atoms with Crippen LogP contribution in [0.2, 0.25) is 0 Å². The standard InChI is InChI=1S/C18H24N2/c19-12-14-4-3-5-15(10-14)13-20-18-9-8-16-6-1-2-7-17(16)11-18/h3-5,10,16-18,20H,1-2,6-9,11,13H2. The van der Waals surface area contributed by atoms with Crippen molar-refractivity contribution in [2.24, 2.45) is 11.8 Å². The summed E-state index contributed by atoms with van der Waals surface area (Å²) >= 11 is 0. The first-order valence-electron chi connectivity index (χ1n) is 8.07. The maximum absolute atomic E-state index is 8.94. The SMILES string of the molecule is N#Cc1cccc(CNC2CCC3CCCCC3C2)c1. The van der Waals surface area contributed by atoms with Crippen LogP contribution in [-0.2, 0) is 6.54 Å². The van der Waals surface area contributed by atoms with Crippen molar-refractivity contribution in [1.82, 2.24) is 5.32 Å². The molecule has 0 spiro atoms. The largest absolute Gasteiger partial charge is 0.310 e. The third-order valence-electron chi connectivity index (χ3n) is 5.19. The first-order chi connectivity index (χ1) is 9.85. The molecule has 3 atom stereocenters. The lowest BCUT2D eigenvalue weighted by Crippen LogP contribution is -2.38. The molecule has 1 aromatic carbocycles. The van der Waals surface area contributed by atoms with Crippen molar-refractivity contribution >= 4 is 0 Å². The fourth-order valence-electron chi connectivity index (χ4n) is 4.07. The molecule has 2 saturated carbocycles. The zero-order valence-corrected chi connectivity index (χ0v) is 12.1. The predicted molar refractivity (Wildman–Crippen MR) is 81.1 cm³/mol. The minimum Gasteiger partial charge on any atom is -0.310 e. The summed E-state index contributed by atoms with van der Waals surface area (Å²) in [5.41, 5.74) is 2.00. The predicted octanol–water partition coefficient (Wildman–Crippen LogP) is 4.01. The first-order valence-corrected chi connectivity index (χ1v) is 8.07. The van der Waals surface area contributed by atoms with Gasteiger partial charge in [-0.15, -0.1) is 0 Å². The third-order valence-corrected chi connectivity index (χ3v) is 5.19. The fraction of sp³-hybridized carbons (Fsp3) is 0.611. The molecule has 3 rings (SSSR count). The highest BCUT2D eigenvalue weighted by Crippen LogP contribution is 2.40. The van der Waals surface area contributed by atoms with Crippen LogP contribution in [0.3, 0.4) is 0 Å². The van der Waals surface area contributed by atoms with Gasteiger partial charge in [0.2, 0.25) is 0 Å². The summed E-state index contributed by atoms with van der Waals surface area (Å²) in [7, 11) is 0. The Bertz CT molecular complexity index is 488. The Morgan fingerprint density at radius 2 is 1.95 bits per heavy atom. The quantitative estimate of drug-likeness (QED) is 0.899. The highest BCUT2D eigenvalue weighted by molar-refractivity contribution is 5.32. The van der Waals surface area contributed by atoms with Crippen LogP contribution in [0.5, 0.6) is 0 Å². The lowest BCUT2D eigenvalue weighted by Gasteiger charge is -2.39. The summed E-state index contributed by atoms with van der Waals surface area (Å²) in [6.07, 6.45) is 9.94. The molecule has 0 saturated heterocycles. The van der Waals surface area contributed by atoms with Gasteiger partial charge in [-0.3, -0.25) is 0 Å². The second-order valence-electron chi connectivity index (χ2n) is 6.51. The van der Waals surface area contributed by atoms with Crippen molar-refractivity contribution in [3.8, 4) is 6.07 Å². The number of nitrogens with one attached hydrogen (secondary N) is 1. The molecule has 0 heterocycles. The van der Waals surface area contributed by atoms with Gasteiger partial charge in [0.1, 0.15) is 0 Å². The minimum atomic E-state index is 0.681. The van der Waals surface area contributed by atoms with E-state index in [1.54, 1.807) is 0 Å². The van der Waals surface area contributed by atoms with Gasteiger partial charge in [-0.25, -0.2) is 0 Å². The van der Waals surface area contributed by atoms with Crippen molar-refractivity contribution in [3.63, 3.8) is 0 Å². The molecule has 20 heavy (non-hydrogen) atoms. The Morgan fingerprint density at radius 3 is 2.80 bits per heavy atom. The van der Waals surface area contributed by atoms with Gasteiger partial charge in [-0.1, -0.05) is 37.8 Å². The molecule has 2 aliphatic carbocycles. The summed E-state index contributed by atoms with van der Waals surface area (Å²) in [6.45, 7) is 0.900. The van der Waals surface area contributed by atoms with Crippen molar-refractivity contribution in [1.29, 1.82) is 5.26 Å². The van der Waals surface area contributed by atoms with Gasteiger partial charge >= 0.3 is 0 Å². The minimum absolute atomic E-state index is 0.681. The van der Waals surface area contributed by atoms with Crippen molar-refractivity contribution in [3.05, 3.63) is 35.4 Å². The molecule has 2 heteroatoms. The van der Waals surface area contributed by atoms with E-state index in [9.17, 15) is 0 Å². The number of fused-ring (bicyclic) bond motifs is 1. The average molecular weight is 268 g/mol. The number of benzene rings is 1. The molecule has 0 aliphatic heterocycles. The van der Waals surface area contributed by atoms with Crippen LogP contribution in [0.1, 0.15) is 56.1 Å². The number of hydrogen-bond donors (Lipinski definition) is 1. The van der Waals surface area contributed by atoms with E-state index in [1.807, 2.05) is 18.2 Å². The van der Waals surface area contributed by atoms with Gasteiger partial charge in [0, 0.05) is 12.6 Å². The number of nitrogens with zero attached hydrogens (tertiary/aromatic N) is 1. The van der Waals surface area contributed by atoms with E-state index < -0.39 is 0 Å². The van der Waals surface area contributed by atoms with Gasteiger partial charge in [-0.2, -0.15) is 5.26 Å². The smallest absolute Gasteiger partial charge is 0.0991 e. The van der Waals surface area contributed by atoms with Gasteiger partial charge < -0.3 is 5.32 Å². The second kappa shape index (κ2) is 6.41. The summed E-state index contributed by atoms with van der Waals surface area (Å²) in [5, 5.41) is 12.7. The van der Waals surface area contributed by atoms with Crippen LogP contribution < -0.4 is 5.32 Å². The molecule has 0 aromatic heterocycles. The van der Waals surface area contributed by atoms with E-state index in [2.05, 4.69) is 17.5 Å². The van der Waals surface area contributed by atoms with E-state index >= 15 is 0 Å². The highest BCUT2D eigenvalue weighted by atomic mass is 14.9. The van der Waals surface area contributed by atoms with E-state index in [0.717, 1.165) is 23.9 Å². The highest BCUT2D eigenvalue weighted by Gasteiger charge is 2.31. The average Bonchev–Trinajstić information content (AvgIpc) is 2.53. The Morgan fingerprint density at radius 1 is 1.10 bits per heavy atom. The lowest BCUT2D eigenvalue weighted by atomic mass is 9.69. The van der Waals surface area contributed by atoms with E-state index in [4.69, 9.17) is 5.26 Å². The van der Waals surface area contributed by atoms with Crippen molar-refractivity contribution in [2.75, 3.05) is 0 Å². The summed E-state index contributed by atoms with van der Waals surface area (Å²) in [5.74, 6) is 1.99. The lowest BCUT2D eigenvalue weighted by molar-refractivity contribution is 0.143. The van der Waals surface area contributed by atoms with Crippen LogP contribution in [0.15, 0.2) is 24.3 Å². The van der Waals surface area contributed by atoms with Crippen LogP contribution in [0.25, 0.3) is 0 Å². The zero-order valence-electron chi connectivity index (χ0n) is 12.1. The van der Waals surface area contributed by atoms with Gasteiger partial charge in [0.25, 0.3) is 0 Å². The summed E-state index contributed by atoms with van der Waals surface area (Å²) < 4.78 is 0. The number of hydrogen-bond acceptors (Lipinski definition) is 2. The van der Waals surface area contributed by atoms with Gasteiger partial charge in [-0.05, 0) is 48.8 Å². The molecular formula is C18H24N2. The zero-order chi connectivity index (χ0) is 13.8. The molecule has 2 aliphatic rings. The molecule has 0 amide bonds. The maximum Gasteiger partial charge on any atom is 0.0991 e. The monoisotopic (exact) mass is 268 g/mol. The molecule has 1 aromatic rings. The Labute approximate surface area is 122 Å². The number of nitriles is 1. The number of rotatable bonds is 3. The second-order valence-corrected chi connectivity index (χ2v) is 6.51.